The van der Waals surface area contributed by atoms with Crippen molar-refractivity contribution in [2.24, 2.45) is 0 Å². The van der Waals surface area contributed by atoms with E-state index < -0.39 is 5.79 Å². The van der Waals surface area contributed by atoms with E-state index in [1.165, 1.54) is 0 Å². The normalized spacial score (nSPS) is 16.0. The molecule has 1 fully saturated rings. The number of rotatable bonds is 6. The largest absolute Gasteiger partial charge is 0.398 e. The van der Waals surface area contributed by atoms with Gasteiger partial charge in [-0.3, -0.25) is 5.41 Å². The Morgan fingerprint density at radius 2 is 2.04 bits per heavy atom. The molecule has 1 aliphatic rings. The van der Waals surface area contributed by atoms with E-state index in [1.54, 1.807) is 12.3 Å². The number of nitrogens with one attached hydrogen (secondary N) is 2. The van der Waals surface area contributed by atoms with Crippen LogP contribution in [-0.2, 0) is 9.47 Å². The van der Waals surface area contributed by atoms with Crippen molar-refractivity contribution < 1.29 is 9.47 Å². The Morgan fingerprint density at radius 3 is 2.79 bits per heavy atom. The quantitative estimate of drug-likeness (QED) is 0.560. The van der Waals surface area contributed by atoms with Crippen LogP contribution in [0.2, 0.25) is 0 Å². The lowest BCUT2D eigenvalue weighted by Crippen LogP contribution is -2.28. The Bertz CT molecular complexity index is 726. The zero-order valence-electron chi connectivity index (χ0n) is 13.7. The SMILES string of the molecule is CC1(CCNc2cc(C(=N)c3ccccc3N)ccn2)OCCO1. The van der Waals surface area contributed by atoms with Gasteiger partial charge in [0.25, 0.3) is 0 Å². The number of nitrogens with two attached hydrogens (primary N) is 1. The average Bonchev–Trinajstić information content (AvgIpc) is 3.02. The number of hydrogen-bond donors (Lipinski definition) is 3. The maximum Gasteiger partial charge on any atom is 0.167 e. The zero-order valence-corrected chi connectivity index (χ0v) is 13.7. The third-order valence-electron chi connectivity index (χ3n) is 4.06. The summed E-state index contributed by atoms with van der Waals surface area (Å²) in [5, 5.41) is 11.6. The fourth-order valence-corrected chi connectivity index (χ4v) is 2.68. The second kappa shape index (κ2) is 6.98. The van der Waals surface area contributed by atoms with Crippen LogP contribution in [-0.4, -0.2) is 36.2 Å². The number of anilines is 2. The maximum absolute atomic E-state index is 8.38. The van der Waals surface area contributed by atoms with Crippen molar-refractivity contribution >= 4 is 17.2 Å². The number of pyridine rings is 1. The molecule has 1 aliphatic heterocycles. The van der Waals surface area contributed by atoms with Crippen LogP contribution in [0, 0.1) is 5.41 Å². The van der Waals surface area contributed by atoms with Gasteiger partial charge < -0.3 is 20.5 Å². The molecule has 126 valence electrons. The number of nitrogen functional groups attached to an aromatic ring is 1. The Hall–Kier alpha value is -2.44. The van der Waals surface area contributed by atoms with E-state index >= 15 is 0 Å². The highest BCUT2D eigenvalue weighted by Gasteiger charge is 2.30. The molecule has 6 heteroatoms. The van der Waals surface area contributed by atoms with E-state index in [-0.39, 0.29) is 0 Å². The molecule has 1 saturated heterocycles. The molecular weight excluding hydrogens is 304 g/mol. The summed E-state index contributed by atoms with van der Waals surface area (Å²) in [5.74, 6) is 0.198. The minimum atomic E-state index is -0.518. The summed E-state index contributed by atoms with van der Waals surface area (Å²) in [6.07, 6.45) is 2.41. The van der Waals surface area contributed by atoms with Crippen LogP contribution in [0.15, 0.2) is 42.6 Å². The minimum absolute atomic E-state index is 0.382. The molecule has 0 atom stereocenters. The first-order chi connectivity index (χ1) is 11.6. The van der Waals surface area contributed by atoms with Gasteiger partial charge in [-0.05, 0) is 25.1 Å². The molecule has 0 saturated carbocycles. The van der Waals surface area contributed by atoms with Crippen LogP contribution >= 0.6 is 0 Å². The fraction of sp³-hybridized carbons (Fsp3) is 0.333. The highest BCUT2D eigenvalue weighted by molar-refractivity contribution is 6.13. The van der Waals surface area contributed by atoms with Gasteiger partial charge in [-0.2, -0.15) is 0 Å². The van der Waals surface area contributed by atoms with Crippen molar-refractivity contribution in [2.75, 3.05) is 30.8 Å². The maximum atomic E-state index is 8.38. The fourth-order valence-electron chi connectivity index (χ4n) is 2.68. The van der Waals surface area contributed by atoms with Crippen molar-refractivity contribution in [2.45, 2.75) is 19.1 Å². The lowest BCUT2D eigenvalue weighted by molar-refractivity contribution is -0.144. The van der Waals surface area contributed by atoms with Gasteiger partial charge in [0.1, 0.15) is 5.82 Å². The highest BCUT2D eigenvalue weighted by Crippen LogP contribution is 2.22. The minimum Gasteiger partial charge on any atom is -0.398 e. The number of nitrogens with zero attached hydrogens (tertiary/aromatic N) is 1. The molecule has 0 bridgehead atoms. The molecule has 0 unspecified atom stereocenters. The van der Waals surface area contributed by atoms with E-state index in [1.807, 2.05) is 37.3 Å². The van der Waals surface area contributed by atoms with Crippen LogP contribution in [0.3, 0.4) is 0 Å². The summed E-state index contributed by atoms with van der Waals surface area (Å²) in [4.78, 5) is 4.30. The number of hydrogen-bond acceptors (Lipinski definition) is 6. The molecule has 1 aromatic carbocycles. The van der Waals surface area contributed by atoms with Crippen molar-refractivity contribution in [1.29, 1.82) is 5.41 Å². The van der Waals surface area contributed by atoms with Gasteiger partial charge in [0.05, 0.1) is 18.9 Å². The predicted octanol–water partition coefficient (Wildman–Crippen LogP) is 2.64. The highest BCUT2D eigenvalue weighted by atomic mass is 16.7. The Morgan fingerprint density at radius 1 is 1.29 bits per heavy atom. The van der Waals surface area contributed by atoms with Crippen molar-refractivity contribution in [1.82, 2.24) is 4.98 Å². The van der Waals surface area contributed by atoms with Crippen molar-refractivity contribution in [3.63, 3.8) is 0 Å². The van der Waals surface area contributed by atoms with Gasteiger partial charge in [0.15, 0.2) is 5.79 Å². The van der Waals surface area contributed by atoms with Gasteiger partial charge in [-0.15, -0.1) is 0 Å². The summed E-state index contributed by atoms with van der Waals surface area (Å²) < 4.78 is 11.2. The van der Waals surface area contributed by atoms with E-state index in [2.05, 4.69) is 10.3 Å². The molecule has 1 aromatic heterocycles. The van der Waals surface area contributed by atoms with Gasteiger partial charge in [0, 0.05) is 36.0 Å². The molecule has 4 N–H and O–H groups in total. The van der Waals surface area contributed by atoms with E-state index in [0.29, 0.717) is 37.0 Å². The van der Waals surface area contributed by atoms with Crippen LogP contribution in [0.1, 0.15) is 24.5 Å². The van der Waals surface area contributed by atoms with Crippen molar-refractivity contribution in [3.05, 3.63) is 53.7 Å². The van der Waals surface area contributed by atoms with Gasteiger partial charge in [-0.1, -0.05) is 18.2 Å². The molecule has 24 heavy (non-hydrogen) atoms. The third kappa shape index (κ3) is 3.72. The Balaban J connectivity index is 1.66. The first-order valence-electron chi connectivity index (χ1n) is 7.99. The summed E-state index contributed by atoms with van der Waals surface area (Å²) in [6.45, 7) is 3.90. The topological polar surface area (TPSA) is 93.3 Å². The zero-order chi connectivity index (χ0) is 17.0. The smallest absolute Gasteiger partial charge is 0.167 e. The summed E-state index contributed by atoms with van der Waals surface area (Å²) in [5.41, 5.74) is 8.42. The van der Waals surface area contributed by atoms with E-state index in [0.717, 1.165) is 17.5 Å². The van der Waals surface area contributed by atoms with Crippen LogP contribution in [0.25, 0.3) is 0 Å². The Kier molecular flexibility index (Phi) is 4.78. The third-order valence-corrected chi connectivity index (χ3v) is 4.06. The van der Waals surface area contributed by atoms with Crippen LogP contribution in [0.5, 0.6) is 0 Å². The number of para-hydroxylation sites is 1. The average molecular weight is 326 g/mol. The molecule has 0 spiro atoms. The summed E-state index contributed by atoms with van der Waals surface area (Å²) in [6, 6.07) is 11.0. The number of aromatic nitrogens is 1. The van der Waals surface area contributed by atoms with E-state index in [9.17, 15) is 0 Å². The number of ether oxygens (including phenoxy) is 2. The second-order valence-electron chi connectivity index (χ2n) is 5.90. The molecule has 0 radical (unpaired) electrons. The Labute approximate surface area is 141 Å². The van der Waals surface area contributed by atoms with Crippen molar-refractivity contribution in [3.8, 4) is 0 Å². The molecule has 0 amide bonds. The lowest BCUT2D eigenvalue weighted by Gasteiger charge is -2.22. The first-order valence-corrected chi connectivity index (χ1v) is 7.99. The molecule has 2 aromatic rings. The summed E-state index contributed by atoms with van der Waals surface area (Å²) in [7, 11) is 0. The van der Waals surface area contributed by atoms with Crippen LogP contribution < -0.4 is 11.1 Å². The molecule has 2 heterocycles. The second-order valence-corrected chi connectivity index (χ2v) is 5.90. The van der Waals surface area contributed by atoms with Gasteiger partial charge in [-0.25, -0.2) is 4.98 Å². The first kappa shape index (κ1) is 16.4. The standard InChI is InChI=1S/C18H22N4O2/c1-18(23-10-11-24-18)7-9-22-16-12-13(6-8-21-16)17(20)14-4-2-3-5-15(14)19/h2-6,8,12,20H,7,9-11,19H2,1H3,(H,21,22). The monoisotopic (exact) mass is 326 g/mol. The number of benzene rings is 1. The summed E-state index contributed by atoms with van der Waals surface area (Å²) >= 11 is 0. The molecule has 6 nitrogen and oxygen atoms in total. The lowest BCUT2D eigenvalue weighted by atomic mass is 10.0. The predicted molar refractivity (Wildman–Crippen MR) is 94.4 cm³/mol. The van der Waals surface area contributed by atoms with Crippen LogP contribution in [0.4, 0.5) is 11.5 Å². The molecule has 0 aliphatic carbocycles. The van der Waals surface area contributed by atoms with E-state index in [4.69, 9.17) is 20.6 Å². The van der Waals surface area contributed by atoms with Gasteiger partial charge in [0.2, 0.25) is 0 Å². The van der Waals surface area contributed by atoms with Gasteiger partial charge >= 0.3 is 0 Å². The molecular formula is C18H22N4O2. The molecule has 3 rings (SSSR count).